The van der Waals surface area contributed by atoms with Crippen molar-refractivity contribution in [1.29, 1.82) is 0 Å². The minimum Gasteiger partial charge on any atom is -0.491 e. The molecule has 0 radical (unpaired) electrons. The first-order valence-electron chi connectivity index (χ1n) is 6.05. The maximum atomic E-state index is 13.6. The molecule has 0 aliphatic carbocycles. The highest BCUT2D eigenvalue weighted by atomic mass is 35.5. The normalized spacial score (nSPS) is 10.5. The standard InChI is InChI=1S/C14H12Cl2F2N2O/c1-2-21-13-6-12(11(19)5-10(13)18)20-14-8(15)3-7(17)4-9(14)16/h3-6,20H,2,19H2,1H3. The molecule has 3 N–H and O–H groups in total. The van der Waals surface area contributed by atoms with Gasteiger partial charge in [0.1, 0.15) is 5.82 Å². The van der Waals surface area contributed by atoms with Gasteiger partial charge in [0.25, 0.3) is 0 Å². The van der Waals surface area contributed by atoms with Gasteiger partial charge in [-0.3, -0.25) is 0 Å². The Morgan fingerprint density at radius 3 is 2.33 bits per heavy atom. The largest absolute Gasteiger partial charge is 0.491 e. The van der Waals surface area contributed by atoms with Crippen molar-refractivity contribution in [2.75, 3.05) is 17.7 Å². The van der Waals surface area contributed by atoms with E-state index < -0.39 is 11.6 Å². The number of halogens is 4. The van der Waals surface area contributed by atoms with E-state index >= 15 is 0 Å². The van der Waals surface area contributed by atoms with Gasteiger partial charge in [-0.1, -0.05) is 23.2 Å². The van der Waals surface area contributed by atoms with Crippen molar-refractivity contribution in [2.24, 2.45) is 0 Å². The van der Waals surface area contributed by atoms with Crippen LogP contribution in [0.5, 0.6) is 5.75 Å². The Bertz CT molecular complexity index is 657. The molecule has 0 saturated heterocycles. The van der Waals surface area contributed by atoms with Gasteiger partial charge in [0, 0.05) is 12.1 Å². The van der Waals surface area contributed by atoms with Gasteiger partial charge in [-0.05, 0) is 19.1 Å². The van der Waals surface area contributed by atoms with E-state index in [1.54, 1.807) is 6.92 Å². The molecule has 0 unspecified atom stereocenters. The number of rotatable bonds is 4. The van der Waals surface area contributed by atoms with E-state index in [1.807, 2.05) is 0 Å². The molecule has 0 saturated carbocycles. The van der Waals surface area contributed by atoms with Crippen LogP contribution in [0.15, 0.2) is 24.3 Å². The van der Waals surface area contributed by atoms with Crippen molar-refractivity contribution in [2.45, 2.75) is 6.92 Å². The molecule has 21 heavy (non-hydrogen) atoms. The second-order valence-electron chi connectivity index (χ2n) is 4.17. The number of anilines is 3. The molecule has 0 aliphatic rings. The fourth-order valence-electron chi connectivity index (χ4n) is 1.74. The zero-order valence-electron chi connectivity index (χ0n) is 11.0. The average molecular weight is 333 g/mol. The van der Waals surface area contributed by atoms with E-state index in [-0.39, 0.29) is 27.2 Å². The smallest absolute Gasteiger partial charge is 0.167 e. The van der Waals surface area contributed by atoms with Crippen molar-refractivity contribution in [3.8, 4) is 5.75 Å². The Hall–Kier alpha value is -1.72. The molecule has 0 aromatic heterocycles. The van der Waals surface area contributed by atoms with Crippen LogP contribution >= 0.6 is 23.2 Å². The summed E-state index contributed by atoms with van der Waals surface area (Å²) in [6.45, 7) is 2.04. The Labute approximate surface area is 130 Å². The number of hydrogen-bond acceptors (Lipinski definition) is 3. The van der Waals surface area contributed by atoms with Crippen molar-refractivity contribution >= 4 is 40.3 Å². The topological polar surface area (TPSA) is 47.3 Å². The lowest BCUT2D eigenvalue weighted by atomic mass is 10.2. The van der Waals surface area contributed by atoms with Crippen LogP contribution in [-0.2, 0) is 0 Å². The third-order valence-electron chi connectivity index (χ3n) is 2.67. The van der Waals surface area contributed by atoms with Crippen LogP contribution < -0.4 is 15.8 Å². The molecule has 0 heterocycles. The lowest BCUT2D eigenvalue weighted by Crippen LogP contribution is -2.02. The van der Waals surface area contributed by atoms with Gasteiger partial charge < -0.3 is 15.8 Å². The summed E-state index contributed by atoms with van der Waals surface area (Å²) in [6, 6.07) is 4.74. The quantitative estimate of drug-likeness (QED) is 0.775. The van der Waals surface area contributed by atoms with Crippen molar-refractivity contribution in [3.63, 3.8) is 0 Å². The van der Waals surface area contributed by atoms with Crippen LogP contribution in [0.3, 0.4) is 0 Å². The van der Waals surface area contributed by atoms with Gasteiger partial charge in [-0.15, -0.1) is 0 Å². The predicted octanol–water partition coefficient (Wildman–Crippen LogP) is 5.00. The van der Waals surface area contributed by atoms with E-state index in [0.29, 0.717) is 12.3 Å². The molecule has 2 aromatic rings. The molecule has 0 amide bonds. The fraction of sp³-hybridized carbons (Fsp3) is 0.143. The van der Waals surface area contributed by atoms with Gasteiger partial charge in [-0.2, -0.15) is 0 Å². The molecule has 0 atom stereocenters. The van der Waals surface area contributed by atoms with Gasteiger partial charge in [0.05, 0.1) is 33.7 Å². The molecule has 0 aliphatic heterocycles. The SMILES string of the molecule is CCOc1cc(Nc2c(Cl)cc(F)cc2Cl)c(N)cc1F. The molecule has 7 heteroatoms. The minimum absolute atomic E-state index is 0.0450. The zero-order chi connectivity index (χ0) is 15.6. The number of nitrogen functional groups attached to an aromatic ring is 1. The summed E-state index contributed by atoms with van der Waals surface area (Å²) < 4.78 is 31.9. The van der Waals surface area contributed by atoms with Crippen LogP contribution in [-0.4, -0.2) is 6.61 Å². The predicted molar refractivity (Wildman–Crippen MR) is 81.7 cm³/mol. The Morgan fingerprint density at radius 2 is 1.76 bits per heavy atom. The maximum absolute atomic E-state index is 13.6. The minimum atomic E-state index is -0.573. The molecule has 3 nitrogen and oxygen atoms in total. The van der Waals surface area contributed by atoms with Crippen LogP contribution in [0.25, 0.3) is 0 Å². The average Bonchev–Trinajstić information content (AvgIpc) is 2.38. The van der Waals surface area contributed by atoms with Crippen molar-refractivity contribution in [3.05, 3.63) is 45.9 Å². The highest BCUT2D eigenvalue weighted by Crippen LogP contribution is 2.37. The van der Waals surface area contributed by atoms with Crippen molar-refractivity contribution in [1.82, 2.24) is 0 Å². The summed E-state index contributed by atoms with van der Waals surface area (Å²) in [5.74, 6) is -1.09. The monoisotopic (exact) mass is 332 g/mol. The second kappa shape index (κ2) is 6.37. The number of ether oxygens (including phenoxy) is 1. The molecule has 0 bridgehead atoms. The lowest BCUT2D eigenvalue weighted by molar-refractivity contribution is 0.322. The number of hydrogen-bond donors (Lipinski definition) is 2. The highest BCUT2D eigenvalue weighted by molar-refractivity contribution is 6.39. The third-order valence-corrected chi connectivity index (χ3v) is 3.27. The van der Waals surface area contributed by atoms with Gasteiger partial charge >= 0.3 is 0 Å². The fourth-order valence-corrected chi connectivity index (χ4v) is 2.29. The molecule has 2 rings (SSSR count). The molecule has 2 aromatic carbocycles. The first-order valence-corrected chi connectivity index (χ1v) is 6.81. The first-order chi connectivity index (χ1) is 9.92. The number of benzene rings is 2. The molecule has 112 valence electrons. The van der Waals surface area contributed by atoms with E-state index in [0.717, 1.165) is 18.2 Å². The maximum Gasteiger partial charge on any atom is 0.167 e. The summed E-state index contributed by atoms with van der Waals surface area (Å²) in [5.41, 5.74) is 6.53. The van der Waals surface area contributed by atoms with Gasteiger partial charge in [0.15, 0.2) is 11.6 Å². The summed E-state index contributed by atoms with van der Waals surface area (Å²) in [7, 11) is 0. The Kier molecular flexibility index (Phi) is 4.75. The molecular weight excluding hydrogens is 321 g/mol. The summed E-state index contributed by atoms with van der Waals surface area (Å²) in [5, 5.41) is 3.03. The molecule has 0 fully saturated rings. The van der Waals surface area contributed by atoms with E-state index in [4.69, 9.17) is 33.7 Å². The Morgan fingerprint density at radius 1 is 1.14 bits per heavy atom. The number of nitrogens with two attached hydrogens (primary N) is 1. The third kappa shape index (κ3) is 3.49. The van der Waals surface area contributed by atoms with Gasteiger partial charge in [0.2, 0.25) is 0 Å². The highest BCUT2D eigenvalue weighted by Gasteiger charge is 2.13. The molecule has 0 spiro atoms. The van der Waals surface area contributed by atoms with Crippen molar-refractivity contribution < 1.29 is 13.5 Å². The van der Waals surface area contributed by atoms with E-state index in [1.165, 1.54) is 6.07 Å². The van der Waals surface area contributed by atoms with Crippen LogP contribution in [0.2, 0.25) is 10.0 Å². The lowest BCUT2D eigenvalue weighted by Gasteiger charge is -2.14. The van der Waals surface area contributed by atoms with Crippen LogP contribution in [0, 0.1) is 11.6 Å². The summed E-state index contributed by atoms with van der Waals surface area (Å²) in [6.07, 6.45) is 0. The van der Waals surface area contributed by atoms with E-state index in [9.17, 15) is 8.78 Å². The van der Waals surface area contributed by atoms with Gasteiger partial charge in [-0.25, -0.2) is 8.78 Å². The van der Waals surface area contributed by atoms with Crippen LogP contribution in [0.4, 0.5) is 25.8 Å². The summed E-state index contributed by atoms with van der Waals surface area (Å²) >= 11 is 11.9. The number of nitrogens with one attached hydrogen (secondary N) is 1. The van der Waals surface area contributed by atoms with Crippen LogP contribution in [0.1, 0.15) is 6.92 Å². The van der Waals surface area contributed by atoms with E-state index in [2.05, 4.69) is 5.32 Å². The Balaban J connectivity index is 2.42. The molecular formula is C14H12Cl2F2N2O. The zero-order valence-corrected chi connectivity index (χ0v) is 12.5. The second-order valence-corrected chi connectivity index (χ2v) is 4.99. The first kappa shape index (κ1) is 15.7. The summed E-state index contributed by atoms with van der Waals surface area (Å²) in [4.78, 5) is 0.